The second-order valence-corrected chi connectivity index (χ2v) is 8.67. The Hall–Kier alpha value is -2.32. The van der Waals surface area contributed by atoms with Gasteiger partial charge in [0.15, 0.2) is 16.6 Å². The Balaban J connectivity index is 0.00000272. The fraction of sp³-hybridized carbons (Fsp3) is 0.273. The van der Waals surface area contributed by atoms with Gasteiger partial charge in [-0.3, -0.25) is 9.69 Å². The first-order chi connectivity index (χ1) is 14.4. The van der Waals surface area contributed by atoms with E-state index in [1.807, 2.05) is 56.3 Å². The van der Waals surface area contributed by atoms with Crippen LogP contribution in [0.25, 0.3) is 16.3 Å². The zero-order valence-corrected chi connectivity index (χ0v) is 19.8. The Morgan fingerprint density at radius 2 is 1.97 bits per heavy atom. The molecule has 31 heavy (non-hydrogen) atoms. The van der Waals surface area contributed by atoms with Gasteiger partial charge in [-0.1, -0.05) is 29.0 Å². The van der Waals surface area contributed by atoms with Gasteiger partial charge in [-0.05, 0) is 62.5 Å². The standard InChI is InChI=1S/C22H22ClN3O3S.ClH/c1-14-16(23)6-8-19-21(14)24-22(30-19)26(11-10-25(2)3)20(27)9-5-15-4-7-17-18(12-15)29-13-28-17;/h4-9,12H,10-11,13H2,1-3H3;1H. The summed E-state index contributed by atoms with van der Waals surface area (Å²) in [6.45, 7) is 3.42. The molecule has 4 rings (SSSR count). The normalized spacial score (nSPS) is 12.5. The van der Waals surface area contributed by atoms with Crippen LogP contribution in [0.2, 0.25) is 5.02 Å². The van der Waals surface area contributed by atoms with E-state index in [4.69, 9.17) is 26.1 Å². The van der Waals surface area contributed by atoms with E-state index < -0.39 is 0 Å². The molecule has 0 N–H and O–H groups in total. The number of ether oxygens (including phenoxy) is 2. The molecule has 0 unspecified atom stereocenters. The predicted octanol–water partition coefficient (Wildman–Crippen LogP) is 5.02. The number of hydrogen-bond donors (Lipinski definition) is 0. The zero-order valence-electron chi connectivity index (χ0n) is 17.4. The minimum atomic E-state index is -0.127. The van der Waals surface area contributed by atoms with Gasteiger partial charge in [-0.25, -0.2) is 4.98 Å². The van der Waals surface area contributed by atoms with Crippen LogP contribution in [0.3, 0.4) is 0 Å². The molecule has 3 aromatic rings. The number of fused-ring (bicyclic) bond motifs is 2. The number of aryl methyl sites for hydroxylation is 1. The first-order valence-electron chi connectivity index (χ1n) is 9.52. The molecule has 6 nitrogen and oxygen atoms in total. The number of anilines is 1. The number of carbonyl (C=O) groups is 1. The molecule has 0 saturated carbocycles. The van der Waals surface area contributed by atoms with Crippen molar-refractivity contribution in [3.05, 3.63) is 52.6 Å². The Bertz CT molecular complexity index is 1130. The van der Waals surface area contributed by atoms with Gasteiger partial charge in [-0.15, -0.1) is 12.4 Å². The first-order valence-corrected chi connectivity index (χ1v) is 10.7. The van der Waals surface area contributed by atoms with Crippen molar-refractivity contribution in [2.45, 2.75) is 6.92 Å². The zero-order chi connectivity index (χ0) is 21.3. The average Bonchev–Trinajstić information content (AvgIpc) is 3.36. The molecule has 0 atom stereocenters. The molecule has 1 aliphatic rings. The minimum Gasteiger partial charge on any atom is -0.454 e. The van der Waals surface area contributed by atoms with E-state index in [1.165, 1.54) is 11.3 Å². The van der Waals surface area contributed by atoms with E-state index in [9.17, 15) is 4.79 Å². The van der Waals surface area contributed by atoms with Gasteiger partial charge in [0.1, 0.15) is 0 Å². The molecule has 1 amide bonds. The lowest BCUT2D eigenvalue weighted by Gasteiger charge is -2.20. The molecule has 2 heterocycles. The third-order valence-corrected chi connectivity index (χ3v) is 6.27. The smallest absolute Gasteiger partial charge is 0.252 e. The fourth-order valence-electron chi connectivity index (χ4n) is 3.08. The van der Waals surface area contributed by atoms with Crippen LogP contribution in [-0.4, -0.2) is 49.8 Å². The van der Waals surface area contributed by atoms with Crippen molar-refractivity contribution < 1.29 is 14.3 Å². The van der Waals surface area contributed by atoms with Gasteiger partial charge in [0, 0.05) is 24.2 Å². The summed E-state index contributed by atoms with van der Waals surface area (Å²) in [5, 5.41) is 1.34. The Kier molecular flexibility index (Phi) is 7.43. The molecule has 9 heteroatoms. The Morgan fingerprint density at radius 3 is 2.74 bits per heavy atom. The molecule has 1 aliphatic heterocycles. The van der Waals surface area contributed by atoms with Crippen molar-refractivity contribution in [3.63, 3.8) is 0 Å². The quantitative estimate of drug-likeness (QED) is 0.464. The summed E-state index contributed by atoms with van der Waals surface area (Å²) < 4.78 is 11.7. The van der Waals surface area contributed by atoms with Crippen LogP contribution in [0, 0.1) is 6.92 Å². The van der Waals surface area contributed by atoms with Crippen LogP contribution in [0.4, 0.5) is 5.13 Å². The Labute approximate surface area is 196 Å². The number of thiazole rings is 1. The van der Waals surface area contributed by atoms with Crippen molar-refractivity contribution in [1.82, 2.24) is 9.88 Å². The fourth-order valence-corrected chi connectivity index (χ4v) is 4.29. The van der Waals surface area contributed by atoms with E-state index in [2.05, 4.69) is 0 Å². The Morgan fingerprint density at radius 1 is 1.19 bits per heavy atom. The number of rotatable bonds is 6. The van der Waals surface area contributed by atoms with E-state index >= 15 is 0 Å². The van der Waals surface area contributed by atoms with Crippen LogP contribution in [-0.2, 0) is 4.79 Å². The first kappa shape index (κ1) is 23.3. The lowest BCUT2D eigenvalue weighted by Crippen LogP contribution is -2.35. The topological polar surface area (TPSA) is 54.9 Å². The SMILES string of the molecule is Cc1c(Cl)ccc2sc(N(CCN(C)C)C(=O)C=Cc3ccc4c(c3)OCO4)nc12.Cl. The third-order valence-electron chi connectivity index (χ3n) is 4.82. The number of aromatic nitrogens is 1. The van der Waals surface area contributed by atoms with Gasteiger partial charge in [0.2, 0.25) is 6.79 Å². The summed E-state index contributed by atoms with van der Waals surface area (Å²) in [5.41, 5.74) is 2.63. The molecule has 0 fully saturated rings. The second kappa shape index (κ2) is 9.87. The summed E-state index contributed by atoms with van der Waals surface area (Å²) in [7, 11) is 3.96. The second-order valence-electron chi connectivity index (χ2n) is 7.25. The van der Waals surface area contributed by atoms with Crippen molar-refractivity contribution in [3.8, 4) is 11.5 Å². The van der Waals surface area contributed by atoms with Gasteiger partial charge in [-0.2, -0.15) is 0 Å². The van der Waals surface area contributed by atoms with Crippen LogP contribution in [0.5, 0.6) is 11.5 Å². The predicted molar refractivity (Wildman–Crippen MR) is 129 cm³/mol. The maximum atomic E-state index is 13.1. The summed E-state index contributed by atoms with van der Waals surface area (Å²) >= 11 is 7.74. The molecule has 164 valence electrons. The van der Waals surface area contributed by atoms with E-state index in [-0.39, 0.29) is 25.1 Å². The minimum absolute atomic E-state index is 0. The summed E-state index contributed by atoms with van der Waals surface area (Å²) in [6, 6.07) is 9.41. The van der Waals surface area contributed by atoms with Crippen LogP contribution in [0.15, 0.2) is 36.4 Å². The van der Waals surface area contributed by atoms with Gasteiger partial charge in [0.25, 0.3) is 5.91 Å². The average molecular weight is 480 g/mol. The number of likely N-dealkylation sites (N-methyl/N-ethyl adjacent to an activating group) is 1. The maximum absolute atomic E-state index is 13.1. The monoisotopic (exact) mass is 479 g/mol. The molecule has 0 bridgehead atoms. The van der Waals surface area contributed by atoms with E-state index in [1.54, 1.807) is 17.1 Å². The highest BCUT2D eigenvalue weighted by molar-refractivity contribution is 7.22. The number of hydrogen-bond acceptors (Lipinski definition) is 6. The van der Waals surface area contributed by atoms with E-state index in [0.29, 0.717) is 22.4 Å². The van der Waals surface area contributed by atoms with Crippen LogP contribution in [0.1, 0.15) is 11.1 Å². The molecular weight excluding hydrogens is 457 g/mol. The molecule has 0 radical (unpaired) electrons. The van der Waals surface area contributed by atoms with Gasteiger partial charge >= 0.3 is 0 Å². The molecule has 0 aliphatic carbocycles. The lowest BCUT2D eigenvalue weighted by atomic mass is 10.2. The van der Waals surface area contributed by atoms with Crippen molar-refractivity contribution >= 4 is 62.7 Å². The van der Waals surface area contributed by atoms with Crippen molar-refractivity contribution in [1.29, 1.82) is 0 Å². The van der Waals surface area contributed by atoms with Gasteiger partial charge in [0.05, 0.1) is 10.2 Å². The summed E-state index contributed by atoms with van der Waals surface area (Å²) in [5.74, 6) is 1.28. The molecular formula is C22H23Cl2N3O3S. The number of halogens is 2. The highest BCUT2D eigenvalue weighted by atomic mass is 35.5. The summed E-state index contributed by atoms with van der Waals surface area (Å²) in [4.78, 5) is 21.6. The van der Waals surface area contributed by atoms with Crippen LogP contribution >= 0.6 is 35.3 Å². The highest BCUT2D eigenvalue weighted by Gasteiger charge is 2.19. The maximum Gasteiger partial charge on any atom is 0.252 e. The number of nitrogens with zero attached hydrogens (tertiary/aromatic N) is 3. The van der Waals surface area contributed by atoms with Crippen molar-refractivity contribution in [2.24, 2.45) is 0 Å². The molecule has 1 aromatic heterocycles. The molecule has 0 saturated heterocycles. The highest BCUT2D eigenvalue weighted by Crippen LogP contribution is 2.34. The van der Waals surface area contributed by atoms with E-state index in [0.717, 1.165) is 33.6 Å². The largest absolute Gasteiger partial charge is 0.454 e. The van der Waals surface area contributed by atoms with Gasteiger partial charge < -0.3 is 14.4 Å². The lowest BCUT2D eigenvalue weighted by molar-refractivity contribution is -0.114. The number of amides is 1. The molecule has 0 spiro atoms. The van der Waals surface area contributed by atoms with Crippen LogP contribution < -0.4 is 14.4 Å². The summed E-state index contributed by atoms with van der Waals surface area (Å²) in [6.07, 6.45) is 3.35. The third kappa shape index (κ3) is 5.13. The molecule has 2 aromatic carbocycles. The number of benzene rings is 2. The number of carbonyl (C=O) groups excluding carboxylic acids is 1. The van der Waals surface area contributed by atoms with Crippen molar-refractivity contribution in [2.75, 3.05) is 38.9 Å².